The van der Waals surface area contributed by atoms with E-state index in [0.717, 1.165) is 15.4 Å². The van der Waals surface area contributed by atoms with Gasteiger partial charge in [0.1, 0.15) is 11.0 Å². The molecule has 2 aromatic rings. The molecule has 0 unspecified atom stereocenters. The minimum Gasteiger partial charge on any atom is -0.456 e. The van der Waals surface area contributed by atoms with Gasteiger partial charge in [0.05, 0.1) is 10.6 Å². The van der Waals surface area contributed by atoms with Crippen LogP contribution in [0.2, 0.25) is 0 Å². The molecule has 0 atom stereocenters. The van der Waals surface area contributed by atoms with Crippen LogP contribution in [0.15, 0.2) is 50.1 Å². The Bertz CT molecular complexity index is 918. The van der Waals surface area contributed by atoms with Crippen LogP contribution in [0, 0.1) is 0 Å². The molecular formula is C16H10Br2O2. The highest BCUT2D eigenvalue weighted by Crippen LogP contribution is 2.13. The molecule has 1 aromatic heterocycles. The number of hydrogen-bond acceptors (Lipinski definition) is 2. The first-order chi connectivity index (χ1) is 9.69. The van der Waals surface area contributed by atoms with Crippen LogP contribution < -0.4 is 16.1 Å². The summed E-state index contributed by atoms with van der Waals surface area (Å²) in [4.78, 5) is 12.6. The number of benzene rings is 1. The van der Waals surface area contributed by atoms with E-state index in [1.807, 2.05) is 42.5 Å². The van der Waals surface area contributed by atoms with Gasteiger partial charge in [-0.2, -0.15) is 0 Å². The largest absolute Gasteiger partial charge is 0.456 e. The Morgan fingerprint density at radius 1 is 1.15 bits per heavy atom. The van der Waals surface area contributed by atoms with E-state index in [1.54, 1.807) is 6.08 Å². The average molecular weight is 394 g/mol. The second-order valence-corrected chi connectivity index (χ2v) is 5.89. The van der Waals surface area contributed by atoms with E-state index in [2.05, 4.69) is 31.9 Å². The average Bonchev–Trinajstić information content (AvgIpc) is 2.44. The van der Waals surface area contributed by atoms with Crippen molar-refractivity contribution in [2.75, 3.05) is 0 Å². The van der Waals surface area contributed by atoms with Crippen LogP contribution in [0.3, 0.4) is 0 Å². The zero-order valence-corrected chi connectivity index (χ0v) is 13.6. The molecule has 0 amide bonds. The van der Waals surface area contributed by atoms with Gasteiger partial charge in [-0.05, 0) is 42.0 Å². The topological polar surface area (TPSA) is 30.2 Å². The van der Waals surface area contributed by atoms with Crippen molar-refractivity contribution in [3.05, 3.63) is 67.3 Å². The minimum atomic E-state index is -0.00882. The number of hydrogen-bond donors (Lipinski definition) is 0. The highest BCUT2D eigenvalue weighted by molar-refractivity contribution is 9.11. The van der Waals surface area contributed by atoms with Gasteiger partial charge in [-0.15, -0.1) is 0 Å². The molecule has 3 rings (SSSR count). The molecule has 0 saturated heterocycles. The van der Waals surface area contributed by atoms with Gasteiger partial charge in [-0.25, -0.2) is 0 Å². The summed E-state index contributed by atoms with van der Waals surface area (Å²) < 4.78 is 6.79. The van der Waals surface area contributed by atoms with Crippen molar-refractivity contribution >= 4 is 55.0 Å². The van der Waals surface area contributed by atoms with Crippen molar-refractivity contribution in [1.82, 2.24) is 0 Å². The molecule has 0 saturated carbocycles. The van der Waals surface area contributed by atoms with Crippen molar-refractivity contribution in [2.45, 2.75) is 5.33 Å². The van der Waals surface area contributed by atoms with E-state index < -0.39 is 0 Å². The summed E-state index contributed by atoms with van der Waals surface area (Å²) in [5, 5.41) is 1.91. The maximum absolute atomic E-state index is 12.6. The molecular weight excluding hydrogens is 384 g/mol. The summed E-state index contributed by atoms with van der Waals surface area (Å²) >= 11 is 6.81. The lowest BCUT2D eigenvalue weighted by molar-refractivity contribution is 0.559. The van der Waals surface area contributed by atoms with Gasteiger partial charge in [0.15, 0.2) is 0 Å². The Balaban J connectivity index is 2.46. The third-order valence-electron chi connectivity index (χ3n) is 3.09. The molecule has 0 fully saturated rings. The molecule has 1 aliphatic carbocycles. The lowest BCUT2D eigenvalue weighted by atomic mass is 10.1. The van der Waals surface area contributed by atoms with Gasteiger partial charge in [0, 0.05) is 9.81 Å². The van der Waals surface area contributed by atoms with Gasteiger partial charge in [0.2, 0.25) is 5.43 Å². The Labute approximate surface area is 132 Å². The van der Waals surface area contributed by atoms with Crippen LogP contribution in [0.5, 0.6) is 0 Å². The second kappa shape index (κ2) is 5.54. The van der Waals surface area contributed by atoms with E-state index in [0.29, 0.717) is 21.6 Å². The number of alkyl halides is 1. The fourth-order valence-corrected chi connectivity index (χ4v) is 2.71. The first-order valence-electron chi connectivity index (χ1n) is 6.06. The zero-order valence-electron chi connectivity index (χ0n) is 10.4. The number of rotatable bonds is 1. The normalized spacial score (nSPS) is 13.8. The number of halogens is 2. The third kappa shape index (κ3) is 2.45. The van der Waals surface area contributed by atoms with E-state index in [-0.39, 0.29) is 5.43 Å². The van der Waals surface area contributed by atoms with Crippen LogP contribution in [0.1, 0.15) is 5.56 Å². The van der Waals surface area contributed by atoms with E-state index >= 15 is 0 Å². The van der Waals surface area contributed by atoms with Crippen LogP contribution in [-0.4, -0.2) is 0 Å². The van der Waals surface area contributed by atoms with Gasteiger partial charge >= 0.3 is 0 Å². The SMILES string of the molecule is O=c1c2c(oc3cc(CBr)ccc13)=CC=CC(Br)=CC=2. The molecule has 1 aromatic carbocycles. The zero-order chi connectivity index (χ0) is 14.1. The third-order valence-corrected chi connectivity index (χ3v) is 4.26. The summed E-state index contributed by atoms with van der Waals surface area (Å²) in [6.45, 7) is 0. The van der Waals surface area contributed by atoms with Gasteiger partial charge in [-0.3, -0.25) is 4.79 Å². The minimum absolute atomic E-state index is 0.00882. The van der Waals surface area contributed by atoms with Crippen LogP contribution in [-0.2, 0) is 5.33 Å². The molecule has 0 spiro atoms. The molecule has 0 aliphatic heterocycles. The van der Waals surface area contributed by atoms with Crippen molar-refractivity contribution in [1.29, 1.82) is 0 Å². The Hall–Kier alpha value is -1.39. The number of allylic oxidation sites excluding steroid dienone is 4. The van der Waals surface area contributed by atoms with Crippen LogP contribution in [0.25, 0.3) is 23.1 Å². The first-order valence-corrected chi connectivity index (χ1v) is 7.98. The van der Waals surface area contributed by atoms with E-state index in [9.17, 15) is 4.79 Å². The summed E-state index contributed by atoms with van der Waals surface area (Å²) in [7, 11) is 0. The Morgan fingerprint density at radius 2 is 2.00 bits per heavy atom. The van der Waals surface area contributed by atoms with E-state index in [1.165, 1.54) is 0 Å². The summed E-state index contributed by atoms with van der Waals surface area (Å²) in [5.74, 6) is 0. The highest BCUT2D eigenvalue weighted by Gasteiger charge is 2.05. The summed E-state index contributed by atoms with van der Waals surface area (Å²) in [6, 6.07) is 5.64. The molecule has 1 aliphatic rings. The quantitative estimate of drug-likeness (QED) is 0.697. The molecule has 100 valence electrons. The molecule has 4 heteroatoms. The van der Waals surface area contributed by atoms with Crippen molar-refractivity contribution in [3.8, 4) is 0 Å². The predicted octanol–water partition coefficient (Wildman–Crippen LogP) is 3.10. The Kier molecular flexibility index (Phi) is 3.76. The maximum Gasteiger partial charge on any atom is 0.200 e. The van der Waals surface area contributed by atoms with Gasteiger partial charge in [0.25, 0.3) is 0 Å². The summed E-state index contributed by atoms with van der Waals surface area (Å²) in [5.41, 5.74) is 2.27. The second-order valence-electron chi connectivity index (χ2n) is 4.42. The van der Waals surface area contributed by atoms with Gasteiger partial charge < -0.3 is 4.42 Å². The van der Waals surface area contributed by atoms with Crippen LogP contribution in [0.4, 0.5) is 0 Å². The number of fused-ring (bicyclic) bond motifs is 2. The monoisotopic (exact) mass is 392 g/mol. The molecule has 2 nitrogen and oxygen atoms in total. The van der Waals surface area contributed by atoms with E-state index in [4.69, 9.17) is 4.42 Å². The molecule has 1 heterocycles. The van der Waals surface area contributed by atoms with Crippen LogP contribution >= 0.6 is 31.9 Å². The lowest BCUT2D eigenvalue weighted by Gasteiger charge is -2.01. The molecule has 0 bridgehead atoms. The smallest absolute Gasteiger partial charge is 0.200 e. The van der Waals surface area contributed by atoms with Crippen molar-refractivity contribution in [2.24, 2.45) is 0 Å². The molecule has 0 radical (unpaired) electrons. The fraction of sp³-hybridized carbons (Fsp3) is 0.0625. The van der Waals surface area contributed by atoms with Crippen molar-refractivity contribution < 1.29 is 4.42 Å². The first kappa shape index (κ1) is 13.6. The predicted molar refractivity (Wildman–Crippen MR) is 89.4 cm³/mol. The fourth-order valence-electron chi connectivity index (χ4n) is 2.08. The van der Waals surface area contributed by atoms with Gasteiger partial charge in [-0.1, -0.05) is 44.0 Å². The summed E-state index contributed by atoms with van der Waals surface area (Å²) in [6.07, 6.45) is 9.19. The molecule has 0 N–H and O–H groups in total. The lowest BCUT2D eigenvalue weighted by Crippen LogP contribution is -2.38. The maximum atomic E-state index is 12.6. The van der Waals surface area contributed by atoms with Crippen molar-refractivity contribution in [3.63, 3.8) is 0 Å². The highest BCUT2D eigenvalue weighted by atomic mass is 79.9. The molecule has 20 heavy (non-hydrogen) atoms. The Morgan fingerprint density at radius 3 is 2.80 bits per heavy atom. The standard InChI is InChI=1S/C16H10Br2O2/c17-9-10-4-6-13-15(8-10)20-14-3-1-2-11(18)5-7-12(14)16(13)19/h1-8H,9H2.